The molecule has 1 amide bonds. The number of primary amides is 1. The van der Waals surface area contributed by atoms with Gasteiger partial charge in [0.05, 0.1) is 11.7 Å². The van der Waals surface area contributed by atoms with Crippen molar-refractivity contribution in [2.45, 2.75) is 19.4 Å². The van der Waals surface area contributed by atoms with Gasteiger partial charge in [-0.1, -0.05) is 0 Å². The fourth-order valence-electron chi connectivity index (χ4n) is 1.56. The average Bonchev–Trinajstić information content (AvgIpc) is 2.60. The third kappa shape index (κ3) is 1.41. The Morgan fingerprint density at radius 3 is 2.81 bits per heavy atom. The third-order valence-corrected chi connectivity index (χ3v) is 2.69. The van der Waals surface area contributed by atoms with Crippen LogP contribution >= 0.6 is 0 Å². The lowest BCUT2D eigenvalue weighted by Gasteiger charge is -2.22. The van der Waals surface area contributed by atoms with E-state index in [2.05, 4.69) is 5.10 Å². The summed E-state index contributed by atoms with van der Waals surface area (Å²) in [4.78, 5) is 11.3. The number of aromatic nitrogens is 2. The fourth-order valence-corrected chi connectivity index (χ4v) is 1.56. The molecular weight excluding hydrogens is 206 g/mol. The minimum Gasteiger partial charge on any atom is -0.508 e. The molecule has 0 unspecified atom stereocenters. The SMILES string of the molecule is CC(C)(C(N)=O)n1ncc2ccc(O)cc21. The molecule has 1 aromatic heterocycles. The molecule has 0 spiro atoms. The second-order valence-corrected chi connectivity index (χ2v) is 4.22. The average molecular weight is 219 g/mol. The van der Waals surface area contributed by atoms with Gasteiger partial charge in [-0.05, 0) is 26.0 Å². The van der Waals surface area contributed by atoms with Gasteiger partial charge in [-0.3, -0.25) is 4.79 Å². The quantitative estimate of drug-likeness (QED) is 0.789. The first-order valence-corrected chi connectivity index (χ1v) is 4.90. The Morgan fingerprint density at radius 1 is 1.50 bits per heavy atom. The van der Waals surface area contributed by atoms with Gasteiger partial charge in [0.25, 0.3) is 0 Å². The van der Waals surface area contributed by atoms with Crippen molar-refractivity contribution in [3.8, 4) is 5.75 Å². The zero-order valence-electron chi connectivity index (χ0n) is 9.14. The van der Waals surface area contributed by atoms with Crippen LogP contribution in [-0.4, -0.2) is 20.8 Å². The van der Waals surface area contributed by atoms with Gasteiger partial charge in [-0.15, -0.1) is 0 Å². The number of carbonyl (C=O) groups excluding carboxylic acids is 1. The van der Waals surface area contributed by atoms with Gasteiger partial charge in [0.1, 0.15) is 11.3 Å². The molecule has 0 aliphatic heterocycles. The molecule has 5 nitrogen and oxygen atoms in total. The maximum absolute atomic E-state index is 11.3. The normalized spacial score (nSPS) is 11.9. The van der Waals surface area contributed by atoms with E-state index in [1.54, 1.807) is 38.2 Å². The maximum atomic E-state index is 11.3. The summed E-state index contributed by atoms with van der Waals surface area (Å²) < 4.78 is 1.52. The molecule has 0 fully saturated rings. The van der Waals surface area contributed by atoms with E-state index >= 15 is 0 Å². The monoisotopic (exact) mass is 219 g/mol. The molecule has 84 valence electrons. The molecule has 3 N–H and O–H groups in total. The highest BCUT2D eigenvalue weighted by Gasteiger charge is 2.29. The predicted octanol–water partition coefficient (Wildman–Crippen LogP) is 0.962. The summed E-state index contributed by atoms with van der Waals surface area (Å²) in [6.07, 6.45) is 1.64. The Kier molecular flexibility index (Phi) is 2.11. The Hall–Kier alpha value is -2.04. The Labute approximate surface area is 92.5 Å². The van der Waals surface area contributed by atoms with Gasteiger partial charge >= 0.3 is 0 Å². The summed E-state index contributed by atoms with van der Waals surface area (Å²) >= 11 is 0. The molecule has 1 aromatic carbocycles. The van der Waals surface area contributed by atoms with Crippen LogP contribution in [0.15, 0.2) is 24.4 Å². The van der Waals surface area contributed by atoms with Crippen LogP contribution in [0.25, 0.3) is 10.9 Å². The lowest BCUT2D eigenvalue weighted by atomic mass is 10.1. The number of amides is 1. The highest BCUT2D eigenvalue weighted by Crippen LogP contribution is 2.24. The van der Waals surface area contributed by atoms with Crippen molar-refractivity contribution in [1.82, 2.24) is 9.78 Å². The van der Waals surface area contributed by atoms with Crippen molar-refractivity contribution >= 4 is 16.8 Å². The summed E-state index contributed by atoms with van der Waals surface area (Å²) in [6.45, 7) is 3.37. The number of rotatable bonds is 2. The van der Waals surface area contributed by atoms with Crippen molar-refractivity contribution in [2.24, 2.45) is 5.73 Å². The molecule has 5 heteroatoms. The van der Waals surface area contributed by atoms with Gasteiger partial charge in [-0.2, -0.15) is 5.10 Å². The van der Waals surface area contributed by atoms with E-state index in [1.807, 2.05) is 0 Å². The van der Waals surface area contributed by atoms with Crippen molar-refractivity contribution in [3.63, 3.8) is 0 Å². The molecular formula is C11H13N3O2. The number of benzene rings is 1. The fraction of sp³-hybridized carbons (Fsp3) is 0.273. The van der Waals surface area contributed by atoms with E-state index in [0.717, 1.165) is 5.39 Å². The number of hydrogen-bond donors (Lipinski definition) is 2. The maximum Gasteiger partial charge on any atom is 0.244 e. The molecule has 0 radical (unpaired) electrons. The molecule has 0 aliphatic rings. The van der Waals surface area contributed by atoms with Crippen LogP contribution in [0, 0.1) is 0 Å². The van der Waals surface area contributed by atoms with E-state index in [0.29, 0.717) is 5.52 Å². The topological polar surface area (TPSA) is 81.1 Å². The number of phenolic OH excluding ortho intramolecular Hbond substituents is 1. The number of carbonyl (C=O) groups is 1. The molecule has 2 rings (SSSR count). The number of phenols is 1. The first-order chi connectivity index (χ1) is 7.43. The van der Waals surface area contributed by atoms with Gasteiger partial charge < -0.3 is 10.8 Å². The highest BCUT2D eigenvalue weighted by molar-refractivity contribution is 5.86. The Balaban J connectivity index is 2.70. The smallest absolute Gasteiger partial charge is 0.244 e. The first kappa shape index (κ1) is 10.5. The minimum atomic E-state index is -0.921. The van der Waals surface area contributed by atoms with Gasteiger partial charge in [0, 0.05) is 11.5 Å². The van der Waals surface area contributed by atoms with Crippen molar-refractivity contribution in [2.75, 3.05) is 0 Å². The molecule has 0 aliphatic carbocycles. The Bertz CT molecular complexity index is 557. The number of aromatic hydroxyl groups is 1. The molecule has 0 bridgehead atoms. The summed E-state index contributed by atoms with van der Waals surface area (Å²) in [5.74, 6) is -0.338. The molecule has 0 saturated carbocycles. The molecule has 1 heterocycles. The Morgan fingerprint density at radius 2 is 2.19 bits per heavy atom. The standard InChI is InChI=1S/C11H13N3O2/c1-11(2,10(12)16)14-9-5-8(15)4-3-7(9)6-13-14/h3-6,15H,1-2H3,(H2,12,16). The van der Waals surface area contributed by atoms with Crippen LogP contribution in [0.1, 0.15) is 13.8 Å². The van der Waals surface area contributed by atoms with Crippen molar-refractivity contribution in [3.05, 3.63) is 24.4 Å². The van der Waals surface area contributed by atoms with E-state index in [1.165, 1.54) is 4.68 Å². The molecule has 2 aromatic rings. The molecule has 16 heavy (non-hydrogen) atoms. The van der Waals surface area contributed by atoms with Crippen LogP contribution in [0.3, 0.4) is 0 Å². The third-order valence-electron chi connectivity index (χ3n) is 2.69. The van der Waals surface area contributed by atoms with Crippen LogP contribution in [0.5, 0.6) is 5.75 Å². The highest BCUT2D eigenvalue weighted by atomic mass is 16.3. The summed E-state index contributed by atoms with van der Waals surface area (Å²) in [5.41, 5.74) is 5.09. The van der Waals surface area contributed by atoms with Crippen LogP contribution in [0.4, 0.5) is 0 Å². The van der Waals surface area contributed by atoms with Crippen molar-refractivity contribution in [1.29, 1.82) is 0 Å². The number of hydrogen-bond acceptors (Lipinski definition) is 3. The number of nitrogens with two attached hydrogens (primary N) is 1. The van der Waals surface area contributed by atoms with Gasteiger partial charge in [0.2, 0.25) is 5.91 Å². The molecule has 0 atom stereocenters. The molecule has 0 saturated heterocycles. The van der Waals surface area contributed by atoms with Crippen LogP contribution < -0.4 is 5.73 Å². The van der Waals surface area contributed by atoms with E-state index in [-0.39, 0.29) is 5.75 Å². The van der Waals surface area contributed by atoms with Gasteiger partial charge in [-0.25, -0.2) is 4.68 Å². The van der Waals surface area contributed by atoms with E-state index in [9.17, 15) is 9.90 Å². The van der Waals surface area contributed by atoms with Crippen LogP contribution in [-0.2, 0) is 10.3 Å². The predicted molar refractivity (Wildman–Crippen MR) is 59.9 cm³/mol. The van der Waals surface area contributed by atoms with E-state index < -0.39 is 11.4 Å². The lowest BCUT2D eigenvalue weighted by molar-refractivity contribution is -0.125. The van der Waals surface area contributed by atoms with E-state index in [4.69, 9.17) is 5.73 Å². The number of fused-ring (bicyclic) bond motifs is 1. The van der Waals surface area contributed by atoms with Crippen LogP contribution in [0.2, 0.25) is 0 Å². The lowest BCUT2D eigenvalue weighted by Crippen LogP contribution is -2.41. The van der Waals surface area contributed by atoms with Crippen molar-refractivity contribution < 1.29 is 9.90 Å². The minimum absolute atomic E-state index is 0.134. The summed E-state index contributed by atoms with van der Waals surface area (Å²) in [6, 6.07) is 4.88. The zero-order valence-corrected chi connectivity index (χ0v) is 9.14. The zero-order chi connectivity index (χ0) is 11.9. The summed E-state index contributed by atoms with van der Waals surface area (Å²) in [7, 11) is 0. The second kappa shape index (κ2) is 3.23. The second-order valence-electron chi connectivity index (χ2n) is 4.22. The number of nitrogens with zero attached hydrogens (tertiary/aromatic N) is 2. The largest absolute Gasteiger partial charge is 0.508 e. The first-order valence-electron chi connectivity index (χ1n) is 4.90. The summed E-state index contributed by atoms with van der Waals surface area (Å²) in [5, 5.41) is 14.4. The van der Waals surface area contributed by atoms with Gasteiger partial charge in [0.15, 0.2) is 0 Å².